The maximum atomic E-state index is 14.6. The number of pyridine rings is 2. The van der Waals surface area contributed by atoms with E-state index in [-0.39, 0.29) is 11.4 Å². The van der Waals surface area contributed by atoms with E-state index in [1.165, 1.54) is 12.1 Å². The summed E-state index contributed by atoms with van der Waals surface area (Å²) in [6.45, 7) is 0. The van der Waals surface area contributed by atoms with Gasteiger partial charge in [0.25, 0.3) is 5.91 Å². The summed E-state index contributed by atoms with van der Waals surface area (Å²) in [7, 11) is 0. The third-order valence-electron chi connectivity index (χ3n) is 4.93. The predicted molar refractivity (Wildman–Crippen MR) is 120 cm³/mol. The molecule has 6 nitrogen and oxygen atoms in total. The van der Waals surface area contributed by atoms with Crippen molar-refractivity contribution in [2.75, 3.05) is 5.32 Å². The molecule has 0 aliphatic heterocycles. The molecule has 7 heteroatoms. The second-order valence-corrected chi connectivity index (χ2v) is 7.05. The molecule has 5 aromatic rings. The number of ether oxygens (including phenoxy) is 1. The number of H-pyrrole nitrogens is 1. The van der Waals surface area contributed by atoms with Crippen molar-refractivity contribution in [3.8, 4) is 22.6 Å². The van der Waals surface area contributed by atoms with Gasteiger partial charge in [0.15, 0.2) is 11.6 Å². The zero-order chi connectivity index (χ0) is 21.9. The molecule has 32 heavy (non-hydrogen) atoms. The highest BCUT2D eigenvalue weighted by molar-refractivity contribution is 6.03. The minimum absolute atomic E-state index is 0.0436. The summed E-state index contributed by atoms with van der Waals surface area (Å²) in [6.07, 6.45) is 4.95. The number of nitrogens with one attached hydrogen (secondary N) is 2. The van der Waals surface area contributed by atoms with Gasteiger partial charge < -0.3 is 15.0 Å². The number of rotatable bonds is 5. The predicted octanol–water partition coefficient (Wildman–Crippen LogP) is 5.81. The molecular formula is C25H17FN4O2. The standard InChI is InChI=1S/C25H17FN4O2/c26-20-14-18(7-9-23(20)32-22-11-13-28-24-19(22)10-12-27-24)30-25(31)21-8-6-17(15-29-21)16-4-2-1-3-5-16/h1-15H,(H,27,28)(H,30,31). The van der Waals surface area contributed by atoms with Gasteiger partial charge in [-0.05, 0) is 35.9 Å². The molecule has 5 rings (SSSR count). The van der Waals surface area contributed by atoms with Crippen molar-refractivity contribution < 1.29 is 13.9 Å². The molecule has 0 bridgehead atoms. The van der Waals surface area contributed by atoms with Gasteiger partial charge in [-0.2, -0.15) is 0 Å². The number of anilines is 1. The van der Waals surface area contributed by atoms with Gasteiger partial charge in [0.2, 0.25) is 0 Å². The van der Waals surface area contributed by atoms with Gasteiger partial charge in [-0.15, -0.1) is 0 Å². The molecule has 0 aliphatic carbocycles. The van der Waals surface area contributed by atoms with Crippen molar-refractivity contribution in [1.29, 1.82) is 0 Å². The van der Waals surface area contributed by atoms with E-state index in [1.807, 2.05) is 36.4 Å². The van der Waals surface area contributed by atoms with Gasteiger partial charge in [-0.25, -0.2) is 9.37 Å². The number of nitrogens with zero attached hydrogens (tertiary/aromatic N) is 2. The van der Waals surface area contributed by atoms with Crippen molar-refractivity contribution in [1.82, 2.24) is 15.0 Å². The third kappa shape index (κ3) is 3.91. The van der Waals surface area contributed by atoms with E-state index in [4.69, 9.17) is 4.74 Å². The van der Waals surface area contributed by atoms with Crippen LogP contribution in [0.5, 0.6) is 11.5 Å². The molecule has 0 saturated carbocycles. The molecule has 0 radical (unpaired) electrons. The summed E-state index contributed by atoms with van der Waals surface area (Å²) in [5.41, 5.74) is 3.10. The first-order valence-electron chi connectivity index (χ1n) is 9.90. The van der Waals surface area contributed by atoms with Crippen LogP contribution in [0, 0.1) is 5.82 Å². The van der Waals surface area contributed by atoms with Gasteiger partial charge in [-0.3, -0.25) is 9.78 Å². The van der Waals surface area contributed by atoms with Crippen LogP contribution in [0.1, 0.15) is 10.5 Å². The molecule has 156 valence electrons. The normalized spacial score (nSPS) is 10.8. The third-order valence-corrected chi connectivity index (χ3v) is 4.93. The Labute approximate surface area is 182 Å². The topological polar surface area (TPSA) is 79.9 Å². The van der Waals surface area contributed by atoms with E-state index in [1.54, 1.807) is 42.9 Å². The number of amides is 1. The fourth-order valence-electron chi connectivity index (χ4n) is 3.33. The van der Waals surface area contributed by atoms with Gasteiger partial charge >= 0.3 is 0 Å². The minimum Gasteiger partial charge on any atom is -0.453 e. The summed E-state index contributed by atoms with van der Waals surface area (Å²) >= 11 is 0. The fraction of sp³-hybridized carbons (Fsp3) is 0. The highest BCUT2D eigenvalue weighted by atomic mass is 19.1. The average molecular weight is 424 g/mol. The second-order valence-electron chi connectivity index (χ2n) is 7.05. The molecule has 0 saturated heterocycles. The summed E-state index contributed by atoms with van der Waals surface area (Å²) in [5.74, 6) is -0.506. The molecule has 0 fully saturated rings. The van der Waals surface area contributed by atoms with Crippen LogP contribution in [0.4, 0.5) is 10.1 Å². The lowest BCUT2D eigenvalue weighted by atomic mass is 10.1. The maximum Gasteiger partial charge on any atom is 0.274 e. The van der Waals surface area contributed by atoms with Crippen molar-refractivity contribution in [2.45, 2.75) is 0 Å². The molecule has 0 aliphatic rings. The smallest absolute Gasteiger partial charge is 0.274 e. The van der Waals surface area contributed by atoms with Crippen molar-refractivity contribution in [3.63, 3.8) is 0 Å². The largest absolute Gasteiger partial charge is 0.453 e. The van der Waals surface area contributed by atoms with Gasteiger partial charge in [0, 0.05) is 35.9 Å². The van der Waals surface area contributed by atoms with Crippen molar-refractivity contribution >= 4 is 22.6 Å². The summed E-state index contributed by atoms with van der Waals surface area (Å²) in [4.78, 5) is 23.9. The maximum absolute atomic E-state index is 14.6. The number of carbonyl (C=O) groups excluding carboxylic acids is 1. The molecule has 2 aromatic carbocycles. The molecular weight excluding hydrogens is 407 g/mol. The molecule has 2 N–H and O–H groups in total. The molecule has 1 amide bonds. The number of aromatic amines is 1. The number of carbonyl (C=O) groups is 1. The van der Waals surface area contributed by atoms with E-state index in [0.29, 0.717) is 17.1 Å². The Bertz CT molecular complexity index is 1400. The van der Waals surface area contributed by atoms with E-state index in [9.17, 15) is 9.18 Å². The molecule has 3 heterocycles. The average Bonchev–Trinajstić information content (AvgIpc) is 3.31. The van der Waals surface area contributed by atoms with Gasteiger partial charge in [-0.1, -0.05) is 36.4 Å². The van der Waals surface area contributed by atoms with Crippen molar-refractivity contribution in [2.24, 2.45) is 0 Å². The van der Waals surface area contributed by atoms with Crippen LogP contribution in [0.15, 0.2) is 91.4 Å². The fourth-order valence-corrected chi connectivity index (χ4v) is 3.33. The summed E-state index contributed by atoms with van der Waals surface area (Å²) in [5, 5.41) is 3.41. The van der Waals surface area contributed by atoms with Crippen LogP contribution in [-0.4, -0.2) is 20.9 Å². The van der Waals surface area contributed by atoms with Crippen molar-refractivity contribution in [3.05, 3.63) is 103 Å². The number of fused-ring (bicyclic) bond motifs is 1. The molecule has 0 spiro atoms. The highest BCUT2D eigenvalue weighted by Gasteiger charge is 2.13. The van der Waals surface area contributed by atoms with Crippen LogP contribution >= 0.6 is 0 Å². The van der Waals surface area contributed by atoms with Crippen LogP contribution in [0.25, 0.3) is 22.2 Å². The first kappa shape index (κ1) is 19.4. The Morgan fingerprint density at radius 1 is 0.906 bits per heavy atom. The van der Waals surface area contributed by atoms with Crippen LogP contribution in [0.2, 0.25) is 0 Å². The Hall–Kier alpha value is -4.52. The number of hydrogen-bond acceptors (Lipinski definition) is 4. The van der Waals surface area contributed by atoms with Crippen LogP contribution in [-0.2, 0) is 0 Å². The Balaban J connectivity index is 1.30. The SMILES string of the molecule is O=C(Nc1ccc(Oc2ccnc3[nH]ccc23)c(F)c1)c1ccc(-c2ccccc2)cn1. The first-order chi connectivity index (χ1) is 15.7. The second kappa shape index (κ2) is 8.31. The van der Waals surface area contributed by atoms with Gasteiger partial charge in [0.05, 0.1) is 5.39 Å². The molecule has 3 aromatic heterocycles. The molecule has 0 atom stereocenters. The van der Waals surface area contributed by atoms with E-state index < -0.39 is 11.7 Å². The van der Waals surface area contributed by atoms with Crippen LogP contribution in [0.3, 0.4) is 0 Å². The van der Waals surface area contributed by atoms with Gasteiger partial charge in [0.1, 0.15) is 17.1 Å². The zero-order valence-corrected chi connectivity index (χ0v) is 16.7. The summed E-state index contributed by atoms with van der Waals surface area (Å²) in [6, 6.07) is 20.9. The Kier molecular flexibility index (Phi) is 5.05. The zero-order valence-electron chi connectivity index (χ0n) is 16.7. The van der Waals surface area contributed by atoms with E-state index in [2.05, 4.69) is 20.3 Å². The Morgan fingerprint density at radius 3 is 2.56 bits per heavy atom. The number of hydrogen-bond donors (Lipinski definition) is 2. The number of halogens is 1. The number of benzene rings is 2. The first-order valence-corrected chi connectivity index (χ1v) is 9.90. The molecule has 0 unspecified atom stereocenters. The van der Waals surface area contributed by atoms with E-state index in [0.717, 1.165) is 16.5 Å². The quantitative estimate of drug-likeness (QED) is 0.373. The number of aromatic nitrogens is 3. The highest BCUT2D eigenvalue weighted by Crippen LogP contribution is 2.31. The summed E-state index contributed by atoms with van der Waals surface area (Å²) < 4.78 is 20.4. The van der Waals surface area contributed by atoms with E-state index >= 15 is 0 Å². The minimum atomic E-state index is -0.601. The monoisotopic (exact) mass is 424 g/mol. The Morgan fingerprint density at radius 2 is 1.78 bits per heavy atom. The van der Waals surface area contributed by atoms with Crippen LogP contribution < -0.4 is 10.1 Å². The lowest BCUT2D eigenvalue weighted by Crippen LogP contribution is -2.13. The lowest BCUT2D eigenvalue weighted by Gasteiger charge is -2.10. The lowest BCUT2D eigenvalue weighted by molar-refractivity contribution is 0.102.